The van der Waals surface area contributed by atoms with E-state index in [1.807, 2.05) is 29.2 Å². The quantitative estimate of drug-likeness (QED) is 0.708. The van der Waals surface area contributed by atoms with Crippen molar-refractivity contribution in [1.29, 1.82) is 0 Å². The maximum Gasteiger partial charge on any atom is 0.282 e. The van der Waals surface area contributed by atoms with E-state index in [0.29, 0.717) is 26.2 Å². The first-order chi connectivity index (χ1) is 13.9. The number of nitrogens with zero attached hydrogens (tertiary/aromatic N) is 3. The van der Waals surface area contributed by atoms with Gasteiger partial charge in [-0.3, -0.25) is 4.79 Å². The van der Waals surface area contributed by atoms with Gasteiger partial charge in [-0.15, -0.1) is 0 Å². The van der Waals surface area contributed by atoms with E-state index in [2.05, 4.69) is 0 Å². The maximum atomic E-state index is 13.0. The highest BCUT2D eigenvalue weighted by Crippen LogP contribution is 2.50. The van der Waals surface area contributed by atoms with E-state index in [-0.39, 0.29) is 23.8 Å². The molecule has 2 aliphatic carbocycles. The van der Waals surface area contributed by atoms with Crippen molar-refractivity contribution >= 4 is 27.7 Å². The van der Waals surface area contributed by atoms with Gasteiger partial charge >= 0.3 is 0 Å². The molecule has 4 rings (SSSR count). The molecule has 1 amide bonds. The molecule has 29 heavy (non-hydrogen) atoms. The number of carbonyl (C=O) groups excluding carboxylic acids is 1. The Labute approximate surface area is 179 Å². The minimum atomic E-state index is -3.46. The van der Waals surface area contributed by atoms with Gasteiger partial charge in [-0.1, -0.05) is 49.1 Å². The highest BCUT2D eigenvalue weighted by atomic mass is 35.5. The van der Waals surface area contributed by atoms with E-state index in [0.717, 1.165) is 42.7 Å². The number of rotatable bonds is 5. The topological polar surface area (TPSA) is 60.9 Å². The fraction of sp³-hybridized carbons (Fsp3) is 0.667. The van der Waals surface area contributed by atoms with Crippen LogP contribution in [0.15, 0.2) is 24.3 Å². The number of benzene rings is 1. The lowest BCUT2D eigenvalue weighted by Crippen LogP contribution is -2.55. The molecule has 0 radical (unpaired) electrons. The van der Waals surface area contributed by atoms with Gasteiger partial charge in [0.2, 0.25) is 5.91 Å². The van der Waals surface area contributed by atoms with Crippen LogP contribution in [0.2, 0.25) is 5.02 Å². The molecule has 1 heterocycles. The Morgan fingerprint density at radius 2 is 1.72 bits per heavy atom. The van der Waals surface area contributed by atoms with Gasteiger partial charge in [0.15, 0.2) is 0 Å². The molecule has 160 valence electrons. The molecule has 3 aliphatic rings. The minimum absolute atomic E-state index is 0.0250. The molecular weight excluding hydrogens is 410 g/mol. The summed E-state index contributed by atoms with van der Waals surface area (Å²) in [6.45, 7) is 1.66. The van der Waals surface area contributed by atoms with Gasteiger partial charge in [0.05, 0.1) is 0 Å². The Kier molecular flexibility index (Phi) is 6.21. The van der Waals surface area contributed by atoms with Crippen molar-refractivity contribution in [3.63, 3.8) is 0 Å². The van der Waals surface area contributed by atoms with Crippen molar-refractivity contribution < 1.29 is 13.2 Å². The van der Waals surface area contributed by atoms with Crippen LogP contribution in [0.5, 0.6) is 0 Å². The Morgan fingerprint density at radius 1 is 1.07 bits per heavy atom. The molecule has 0 aromatic heterocycles. The molecule has 1 aromatic rings. The molecular formula is C21H30ClN3O3S. The van der Waals surface area contributed by atoms with Crippen molar-refractivity contribution in [3.05, 3.63) is 34.9 Å². The lowest BCUT2D eigenvalue weighted by atomic mass is 9.96. The summed E-state index contributed by atoms with van der Waals surface area (Å²) in [4.78, 5) is 14.7. The monoisotopic (exact) mass is 439 g/mol. The van der Waals surface area contributed by atoms with E-state index in [1.165, 1.54) is 6.42 Å². The SMILES string of the molecule is CN(C1CCCCC1)S(=O)(=O)N1CCN(C(=O)C2CC2c2ccccc2Cl)CC1. The molecule has 1 aliphatic heterocycles. The smallest absolute Gasteiger partial charge is 0.282 e. The van der Waals surface area contributed by atoms with Crippen LogP contribution in [0, 0.1) is 5.92 Å². The minimum Gasteiger partial charge on any atom is -0.340 e. The second-order valence-corrected chi connectivity index (χ2v) is 10.9. The Bertz CT molecular complexity index is 848. The average Bonchev–Trinajstić information content (AvgIpc) is 3.54. The summed E-state index contributed by atoms with van der Waals surface area (Å²) in [5.41, 5.74) is 1.04. The third-order valence-corrected chi connectivity index (χ3v) is 9.13. The number of halogens is 1. The van der Waals surface area contributed by atoms with Crippen molar-refractivity contribution in [2.45, 2.75) is 50.5 Å². The van der Waals surface area contributed by atoms with Crippen molar-refractivity contribution in [3.8, 4) is 0 Å². The van der Waals surface area contributed by atoms with E-state index >= 15 is 0 Å². The van der Waals surface area contributed by atoms with Crippen LogP contribution in [0.25, 0.3) is 0 Å². The Balaban J connectivity index is 1.32. The third-order valence-electron chi connectivity index (χ3n) is 6.74. The maximum absolute atomic E-state index is 13.0. The lowest BCUT2D eigenvalue weighted by Gasteiger charge is -2.38. The molecule has 0 bridgehead atoms. The molecule has 3 fully saturated rings. The summed E-state index contributed by atoms with van der Waals surface area (Å²) in [6.07, 6.45) is 6.10. The summed E-state index contributed by atoms with van der Waals surface area (Å²) in [5, 5.41) is 0.717. The summed E-state index contributed by atoms with van der Waals surface area (Å²) in [6, 6.07) is 7.81. The van der Waals surface area contributed by atoms with Gasteiger partial charge in [-0.25, -0.2) is 0 Å². The lowest BCUT2D eigenvalue weighted by molar-refractivity contribution is -0.133. The first-order valence-electron chi connectivity index (χ1n) is 10.7. The van der Waals surface area contributed by atoms with E-state index in [4.69, 9.17) is 11.6 Å². The number of piperazine rings is 1. The highest BCUT2D eigenvalue weighted by Gasteiger charge is 2.47. The fourth-order valence-corrected chi connectivity index (χ4v) is 6.63. The molecule has 0 N–H and O–H groups in total. The van der Waals surface area contributed by atoms with Crippen LogP contribution in [0.4, 0.5) is 0 Å². The van der Waals surface area contributed by atoms with Gasteiger partial charge in [0, 0.05) is 50.2 Å². The van der Waals surface area contributed by atoms with Gasteiger partial charge in [-0.2, -0.15) is 17.0 Å². The normalized spacial score (nSPS) is 26.7. The highest BCUT2D eigenvalue weighted by molar-refractivity contribution is 7.86. The summed E-state index contributed by atoms with van der Waals surface area (Å²) < 4.78 is 29.1. The number of hydrogen-bond donors (Lipinski definition) is 0. The molecule has 2 atom stereocenters. The van der Waals surface area contributed by atoms with E-state index < -0.39 is 10.2 Å². The largest absolute Gasteiger partial charge is 0.340 e. The second kappa shape index (κ2) is 8.53. The van der Waals surface area contributed by atoms with Crippen molar-refractivity contribution in [2.75, 3.05) is 33.2 Å². The molecule has 2 saturated carbocycles. The number of hydrogen-bond acceptors (Lipinski definition) is 3. The summed E-state index contributed by atoms with van der Waals surface area (Å²) in [7, 11) is -1.75. The standard InChI is InChI=1S/C21H30ClN3O3S/c1-23(16-7-3-2-4-8-16)29(27,28)25-13-11-24(12-14-25)21(26)19-15-18(19)17-9-5-6-10-20(17)22/h5-6,9-10,16,18-19H,2-4,7-8,11-15H2,1H3. The predicted molar refractivity (Wildman–Crippen MR) is 114 cm³/mol. The van der Waals surface area contributed by atoms with Crippen LogP contribution in [-0.2, 0) is 15.0 Å². The molecule has 6 nitrogen and oxygen atoms in total. The fourth-order valence-electron chi connectivity index (χ4n) is 4.78. The number of carbonyl (C=O) groups is 1. The van der Waals surface area contributed by atoms with Crippen LogP contribution >= 0.6 is 11.6 Å². The summed E-state index contributed by atoms with van der Waals surface area (Å²) in [5.74, 6) is 0.297. The average molecular weight is 440 g/mol. The molecule has 0 spiro atoms. The zero-order valence-electron chi connectivity index (χ0n) is 17.0. The molecule has 8 heteroatoms. The molecule has 1 saturated heterocycles. The Morgan fingerprint density at radius 3 is 2.38 bits per heavy atom. The van der Waals surface area contributed by atoms with Gasteiger partial charge in [0.1, 0.15) is 0 Å². The van der Waals surface area contributed by atoms with E-state index in [1.54, 1.807) is 15.7 Å². The van der Waals surface area contributed by atoms with Gasteiger partial charge in [-0.05, 0) is 36.8 Å². The van der Waals surface area contributed by atoms with Crippen LogP contribution in [0.3, 0.4) is 0 Å². The van der Waals surface area contributed by atoms with Gasteiger partial charge < -0.3 is 4.90 Å². The predicted octanol–water partition coefficient (Wildman–Crippen LogP) is 3.10. The van der Waals surface area contributed by atoms with Crippen LogP contribution in [0.1, 0.15) is 50.0 Å². The second-order valence-electron chi connectivity index (χ2n) is 8.51. The van der Waals surface area contributed by atoms with Crippen molar-refractivity contribution in [1.82, 2.24) is 13.5 Å². The first kappa shape index (κ1) is 21.1. The zero-order valence-corrected chi connectivity index (χ0v) is 18.5. The third kappa shape index (κ3) is 4.33. The molecule has 2 unspecified atom stereocenters. The zero-order chi connectivity index (χ0) is 20.6. The summed E-state index contributed by atoms with van der Waals surface area (Å²) >= 11 is 6.28. The van der Waals surface area contributed by atoms with Gasteiger partial charge in [0.25, 0.3) is 10.2 Å². The van der Waals surface area contributed by atoms with Crippen LogP contribution in [-0.4, -0.2) is 67.1 Å². The Hall–Kier alpha value is -1.15. The first-order valence-corrected chi connectivity index (χ1v) is 12.4. The van der Waals surface area contributed by atoms with Crippen molar-refractivity contribution in [2.24, 2.45) is 5.92 Å². The molecule has 1 aromatic carbocycles. The van der Waals surface area contributed by atoms with E-state index in [9.17, 15) is 13.2 Å². The van der Waals surface area contributed by atoms with Crippen LogP contribution < -0.4 is 0 Å². The number of amides is 1.